The van der Waals surface area contributed by atoms with Gasteiger partial charge >= 0.3 is 5.97 Å². The van der Waals surface area contributed by atoms with Crippen LogP contribution in [0.25, 0.3) is 0 Å². The molecule has 17 heavy (non-hydrogen) atoms. The second-order valence-corrected chi connectivity index (χ2v) is 4.15. The van der Waals surface area contributed by atoms with Crippen LogP contribution in [0, 0.1) is 0 Å². The second kappa shape index (κ2) is 5.19. The van der Waals surface area contributed by atoms with Crippen LogP contribution in [0.2, 0.25) is 0 Å². The number of methoxy groups -OCH3 is 1. The third-order valence-corrected chi connectivity index (χ3v) is 3.05. The van der Waals surface area contributed by atoms with Crippen molar-refractivity contribution in [3.63, 3.8) is 0 Å². The van der Waals surface area contributed by atoms with E-state index in [1.807, 2.05) is 25.1 Å². The molecule has 4 heteroatoms. The third kappa shape index (κ3) is 2.58. The largest absolute Gasteiger partial charge is 0.465 e. The number of nitrogens with one attached hydrogen (secondary N) is 1. The first kappa shape index (κ1) is 11.9. The lowest BCUT2D eigenvalue weighted by Gasteiger charge is -2.19. The van der Waals surface area contributed by atoms with Crippen molar-refractivity contribution < 1.29 is 14.3 Å². The number of rotatable bonds is 3. The molecule has 0 amide bonds. The van der Waals surface area contributed by atoms with Gasteiger partial charge in [0.2, 0.25) is 0 Å². The molecule has 4 nitrogen and oxygen atoms in total. The Morgan fingerprint density at radius 3 is 2.88 bits per heavy atom. The zero-order valence-electron chi connectivity index (χ0n) is 10.1. The molecule has 1 aromatic carbocycles. The van der Waals surface area contributed by atoms with Gasteiger partial charge in [-0.25, -0.2) is 4.79 Å². The Bertz CT molecular complexity index is 405. The lowest BCUT2D eigenvalue weighted by molar-refractivity contribution is 0.0601. The number of benzene rings is 1. The van der Waals surface area contributed by atoms with E-state index in [0.29, 0.717) is 5.56 Å². The summed E-state index contributed by atoms with van der Waals surface area (Å²) >= 11 is 0. The lowest BCUT2D eigenvalue weighted by Crippen LogP contribution is -2.27. The summed E-state index contributed by atoms with van der Waals surface area (Å²) in [7, 11) is 1.39. The number of carbonyl (C=O) groups is 1. The van der Waals surface area contributed by atoms with Gasteiger partial charge in [-0.05, 0) is 25.5 Å². The molecule has 0 saturated carbocycles. The van der Waals surface area contributed by atoms with Gasteiger partial charge in [0.05, 0.1) is 24.8 Å². The van der Waals surface area contributed by atoms with Crippen molar-refractivity contribution in [1.29, 1.82) is 0 Å². The van der Waals surface area contributed by atoms with Crippen LogP contribution >= 0.6 is 0 Å². The Labute approximate surface area is 101 Å². The average molecular weight is 235 g/mol. The van der Waals surface area contributed by atoms with Gasteiger partial charge in [-0.3, -0.25) is 0 Å². The smallest absolute Gasteiger partial charge is 0.339 e. The number of hydrogen-bond donors (Lipinski definition) is 1. The fourth-order valence-corrected chi connectivity index (χ4v) is 2.02. The first-order valence-corrected chi connectivity index (χ1v) is 5.78. The molecule has 2 rings (SSSR count). The highest BCUT2D eigenvalue weighted by Gasteiger charge is 2.25. The zero-order valence-corrected chi connectivity index (χ0v) is 10.1. The van der Waals surface area contributed by atoms with Gasteiger partial charge in [-0.2, -0.15) is 0 Å². The molecule has 0 radical (unpaired) electrons. The maximum atomic E-state index is 11.6. The second-order valence-electron chi connectivity index (χ2n) is 4.15. The molecule has 1 fully saturated rings. The van der Waals surface area contributed by atoms with Crippen molar-refractivity contribution in [2.75, 3.05) is 19.0 Å². The minimum Gasteiger partial charge on any atom is -0.465 e. The van der Waals surface area contributed by atoms with Crippen LogP contribution in [0.15, 0.2) is 24.3 Å². The summed E-state index contributed by atoms with van der Waals surface area (Å²) in [6, 6.07) is 7.62. The molecule has 2 atom stereocenters. The van der Waals surface area contributed by atoms with Crippen LogP contribution in [0.3, 0.4) is 0 Å². The quantitative estimate of drug-likeness (QED) is 0.815. The van der Waals surface area contributed by atoms with E-state index in [1.165, 1.54) is 7.11 Å². The molecule has 92 valence electrons. The van der Waals surface area contributed by atoms with Gasteiger partial charge in [-0.1, -0.05) is 12.1 Å². The van der Waals surface area contributed by atoms with Gasteiger partial charge in [0, 0.05) is 12.3 Å². The molecule has 0 aromatic heterocycles. The van der Waals surface area contributed by atoms with E-state index < -0.39 is 0 Å². The summed E-state index contributed by atoms with van der Waals surface area (Å²) in [5.74, 6) is -0.320. The fraction of sp³-hybridized carbons (Fsp3) is 0.462. The zero-order chi connectivity index (χ0) is 12.3. The summed E-state index contributed by atoms with van der Waals surface area (Å²) in [4.78, 5) is 11.6. The molecule has 1 heterocycles. The molecular formula is C13H17NO3. The highest BCUT2D eigenvalue weighted by molar-refractivity contribution is 5.95. The third-order valence-electron chi connectivity index (χ3n) is 3.05. The van der Waals surface area contributed by atoms with Crippen molar-refractivity contribution >= 4 is 11.7 Å². The first-order chi connectivity index (χ1) is 8.22. The summed E-state index contributed by atoms with van der Waals surface area (Å²) in [6.07, 6.45) is 1.12. The van der Waals surface area contributed by atoms with Gasteiger partial charge < -0.3 is 14.8 Å². The van der Waals surface area contributed by atoms with Crippen molar-refractivity contribution in [2.45, 2.75) is 25.5 Å². The Hall–Kier alpha value is -1.55. The normalized spacial score (nSPS) is 23.4. The fourth-order valence-electron chi connectivity index (χ4n) is 2.02. The Morgan fingerprint density at radius 1 is 1.47 bits per heavy atom. The molecule has 0 bridgehead atoms. The molecule has 1 aliphatic rings. The van der Waals surface area contributed by atoms with E-state index in [0.717, 1.165) is 18.7 Å². The molecule has 0 aliphatic carbocycles. The van der Waals surface area contributed by atoms with E-state index in [4.69, 9.17) is 9.47 Å². The van der Waals surface area contributed by atoms with Crippen LogP contribution in [0.4, 0.5) is 5.69 Å². The van der Waals surface area contributed by atoms with Crippen molar-refractivity contribution in [3.8, 4) is 0 Å². The van der Waals surface area contributed by atoms with Gasteiger partial charge in [0.1, 0.15) is 0 Å². The van der Waals surface area contributed by atoms with Crippen LogP contribution in [-0.2, 0) is 9.47 Å². The Morgan fingerprint density at radius 2 is 2.24 bits per heavy atom. The van der Waals surface area contributed by atoms with Crippen LogP contribution in [0.5, 0.6) is 0 Å². The van der Waals surface area contributed by atoms with E-state index in [2.05, 4.69) is 5.32 Å². The molecular weight excluding hydrogens is 218 g/mol. The van der Waals surface area contributed by atoms with E-state index in [1.54, 1.807) is 6.07 Å². The number of carbonyl (C=O) groups excluding carboxylic acids is 1. The maximum absolute atomic E-state index is 11.6. The van der Waals surface area contributed by atoms with Crippen molar-refractivity contribution in [2.24, 2.45) is 0 Å². The highest BCUT2D eigenvalue weighted by Crippen LogP contribution is 2.22. The summed E-state index contributed by atoms with van der Waals surface area (Å²) in [5, 5.41) is 3.35. The van der Waals surface area contributed by atoms with E-state index in [9.17, 15) is 4.79 Å². The number of hydrogen-bond acceptors (Lipinski definition) is 4. The topological polar surface area (TPSA) is 47.6 Å². The maximum Gasteiger partial charge on any atom is 0.339 e. The molecule has 2 unspecified atom stereocenters. The van der Waals surface area contributed by atoms with Crippen LogP contribution < -0.4 is 5.32 Å². The first-order valence-electron chi connectivity index (χ1n) is 5.78. The molecule has 1 aromatic rings. The summed E-state index contributed by atoms with van der Waals surface area (Å²) in [6.45, 7) is 2.80. The number of para-hydroxylation sites is 1. The number of ether oxygens (including phenoxy) is 2. The SMILES string of the molecule is COC(=O)c1ccccc1NC1CCOC1C. The van der Waals surface area contributed by atoms with Gasteiger partial charge in [0.25, 0.3) is 0 Å². The minimum atomic E-state index is -0.320. The van der Waals surface area contributed by atoms with E-state index in [-0.39, 0.29) is 18.1 Å². The van der Waals surface area contributed by atoms with Crippen LogP contribution in [-0.4, -0.2) is 31.8 Å². The summed E-state index contributed by atoms with van der Waals surface area (Å²) in [5.41, 5.74) is 1.37. The standard InChI is InChI=1S/C13H17NO3/c1-9-11(7-8-17-9)14-12-6-4-3-5-10(12)13(15)16-2/h3-6,9,11,14H,7-8H2,1-2H3. The molecule has 1 N–H and O–H groups in total. The van der Waals surface area contributed by atoms with Crippen molar-refractivity contribution in [1.82, 2.24) is 0 Å². The summed E-state index contributed by atoms with van der Waals surface area (Å²) < 4.78 is 10.2. The predicted molar refractivity (Wildman–Crippen MR) is 65.2 cm³/mol. The predicted octanol–water partition coefficient (Wildman–Crippen LogP) is 2.06. The Kier molecular flexibility index (Phi) is 3.64. The highest BCUT2D eigenvalue weighted by atomic mass is 16.5. The van der Waals surface area contributed by atoms with Gasteiger partial charge in [-0.15, -0.1) is 0 Å². The number of anilines is 1. The van der Waals surface area contributed by atoms with Gasteiger partial charge in [0.15, 0.2) is 0 Å². The average Bonchev–Trinajstić information content (AvgIpc) is 2.75. The Balaban J connectivity index is 2.17. The lowest BCUT2D eigenvalue weighted by atomic mass is 10.1. The van der Waals surface area contributed by atoms with E-state index >= 15 is 0 Å². The minimum absolute atomic E-state index is 0.167. The van der Waals surface area contributed by atoms with Crippen molar-refractivity contribution in [3.05, 3.63) is 29.8 Å². The van der Waals surface area contributed by atoms with Crippen LogP contribution in [0.1, 0.15) is 23.7 Å². The monoisotopic (exact) mass is 235 g/mol. The number of esters is 1. The molecule has 0 spiro atoms. The molecule has 1 aliphatic heterocycles. The molecule has 1 saturated heterocycles.